The van der Waals surface area contributed by atoms with E-state index in [1.54, 1.807) is 0 Å². The molecule has 3 aromatic rings. The molecule has 0 saturated heterocycles. The second kappa shape index (κ2) is 4.54. The fourth-order valence-electron chi connectivity index (χ4n) is 2.20. The third kappa shape index (κ3) is 1.83. The van der Waals surface area contributed by atoms with Gasteiger partial charge in [-0.3, -0.25) is 4.98 Å². The van der Waals surface area contributed by atoms with Crippen molar-refractivity contribution in [2.24, 2.45) is 0 Å². The maximum absolute atomic E-state index is 4.61. The zero-order valence-electron chi connectivity index (χ0n) is 10.0. The summed E-state index contributed by atoms with van der Waals surface area (Å²) < 4.78 is 1.08. The van der Waals surface area contributed by atoms with Gasteiger partial charge in [0, 0.05) is 21.6 Å². The second-order valence-corrected chi connectivity index (χ2v) is 5.17. The van der Waals surface area contributed by atoms with Crippen LogP contribution in [0.15, 0.2) is 59.2 Å². The van der Waals surface area contributed by atoms with Crippen LogP contribution in [0.4, 0.5) is 0 Å². The number of hydrogen-bond donors (Lipinski definition) is 0. The summed E-state index contributed by atoms with van der Waals surface area (Å²) in [5, 5.41) is 2.46. The van der Waals surface area contributed by atoms with Crippen LogP contribution in [0.1, 0.15) is 5.56 Å². The number of aryl methyl sites for hydroxylation is 1. The molecule has 18 heavy (non-hydrogen) atoms. The molecule has 88 valence electrons. The van der Waals surface area contributed by atoms with Gasteiger partial charge in [0.05, 0.1) is 5.69 Å². The van der Waals surface area contributed by atoms with E-state index in [9.17, 15) is 0 Å². The SMILES string of the molecule is Cc1cnc(-c2ccccc2Br)c2ccccc12. The van der Waals surface area contributed by atoms with Gasteiger partial charge in [0.15, 0.2) is 0 Å². The number of rotatable bonds is 1. The Morgan fingerprint density at radius 3 is 2.33 bits per heavy atom. The molecule has 1 heterocycles. The molecule has 3 rings (SSSR count). The van der Waals surface area contributed by atoms with Gasteiger partial charge in [-0.2, -0.15) is 0 Å². The first-order valence-corrected chi connectivity index (χ1v) is 6.66. The zero-order chi connectivity index (χ0) is 12.5. The quantitative estimate of drug-likeness (QED) is 0.618. The lowest BCUT2D eigenvalue weighted by molar-refractivity contribution is 1.30. The van der Waals surface area contributed by atoms with Gasteiger partial charge in [-0.25, -0.2) is 0 Å². The molecule has 0 aliphatic carbocycles. The van der Waals surface area contributed by atoms with Crippen LogP contribution in [-0.4, -0.2) is 4.98 Å². The normalized spacial score (nSPS) is 10.8. The smallest absolute Gasteiger partial charge is 0.0791 e. The largest absolute Gasteiger partial charge is 0.255 e. The highest BCUT2D eigenvalue weighted by molar-refractivity contribution is 9.10. The number of halogens is 1. The average Bonchev–Trinajstić information content (AvgIpc) is 2.41. The Hall–Kier alpha value is -1.67. The fraction of sp³-hybridized carbons (Fsp3) is 0.0625. The fourth-order valence-corrected chi connectivity index (χ4v) is 2.67. The Kier molecular flexibility index (Phi) is 2.88. The highest BCUT2D eigenvalue weighted by Crippen LogP contribution is 2.32. The van der Waals surface area contributed by atoms with Crippen LogP contribution in [0.25, 0.3) is 22.0 Å². The van der Waals surface area contributed by atoms with Crippen molar-refractivity contribution in [2.75, 3.05) is 0 Å². The van der Waals surface area contributed by atoms with Gasteiger partial charge in [-0.15, -0.1) is 0 Å². The first-order chi connectivity index (χ1) is 8.77. The van der Waals surface area contributed by atoms with Gasteiger partial charge in [-0.1, -0.05) is 58.4 Å². The minimum Gasteiger partial charge on any atom is -0.255 e. The van der Waals surface area contributed by atoms with E-state index >= 15 is 0 Å². The average molecular weight is 298 g/mol. The molecule has 0 radical (unpaired) electrons. The lowest BCUT2D eigenvalue weighted by Gasteiger charge is -2.09. The van der Waals surface area contributed by atoms with Crippen LogP contribution in [-0.2, 0) is 0 Å². The van der Waals surface area contributed by atoms with Crippen molar-refractivity contribution in [1.82, 2.24) is 4.98 Å². The molecule has 0 unspecified atom stereocenters. The molecule has 0 fully saturated rings. The Morgan fingerprint density at radius 1 is 0.889 bits per heavy atom. The molecule has 1 nitrogen and oxygen atoms in total. The molecule has 0 bridgehead atoms. The highest BCUT2D eigenvalue weighted by atomic mass is 79.9. The summed E-state index contributed by atoms with van der Waals surface area (Å²) in [6.45, 7) is 2.10. The molecule has 0 atom stereocenters. The molecule has 0 saturated carbocycles. The van der Waals surface area contributed by atoms with E-state index in [0.717, 1.165) is 15.7 Å². The van der Waals surface area contributed by atoms with E-state index in [-0.39, 0.29) is 0 Å². The Balaban J connectivity index is 2.38. The number of benzene rings is 2. The molecule has 0 aliphatic rings. The third-order valence-corrected chi connectivity index (χ3v) is 3.81. The number of aromatic nitrogens is 1. The van der Waals surface area contributed by atoms with Crippen molar-refractivity contribution in [3.8, 4) is 11.3 Å². The molecule has 0 amide bonds. The molecule has 0 N–H and O–H groups in total. The maximum Gasteiger partial charge on any atom is 0.0791 e. The Morgan fingerprint density at radius 2 is 1.56 bits per heavy atom. The van der Waals surface area contributed by atoms with Gasteiger partial charge >= 0.3 is 0 Å². The molecule has 0 spiro atoms. The number of nitrogens with zero attached hydrogens (tertiary/aromatic N) is 1. The topological polar surface area (TPSA) is 12.9 Å². The molecule has 2 aromatic carbocycles. The molecule has 0 aliphatic heterocycles. The van der Waals surface area contributed by atoms with Crippen molar-refractivity contribution in [2.45, 2.75) is 6.92 Å². The minimum atomic E-state index is 1.03. The summed E-state index contributed by atoms with van der Waals surface area (Å²) >= 11 is 3.60. The summed E-state index contributed by atoms with van der Waals surface area (Å²) in [5.41, 5.74) is 3.37. The van der Waals surface area contributed by atoms with E-state index in [2.05, 4.69) is 58.2 Å². The monoisotopic (exact) mass is 297 g/mol. The van der Waals surface area contributed by atoms with Crippen molar-refractivity contribution in [3.63, 3.8) is 0 Å². The predicted molar refractivity (Wildman–Crippen MR) is 79.6 cm³/mol. The van der Waals surface area contributed by atoms with E-state index in [1.807, 2.05) is 24.4 Å². The van der Waals surface area contributed by atoms with Crippen molar-refractivity contribution < 1.29 is 0 Å². The summed E-state index contributed by atoms with van der Waals surface area (Å²) in [5.74, 6) is 0. The van der Waals surface area contributed by atoms with Crippen molar-refractivity contribution in [1.29, 1.82) is 0 Å². The van der Waals surface area contributed by atoms with E-state index in [1.165, 1.54) is 16.3 Å². The van der Waals surface area contributed by atoms with Crippen LogP contribution in [0.3, 0.4) is 0 Å². The molecular weight excluding hydrogens is 286 g/mol. The highest BCUT2D eigenvalue weighted by Gasteiger charge is 2.09. The van der Waals surface area contributed by atoms with Gasteiger partial charge in [0.1, 0.15) is 0 Å². The van der Waals surface area contributed by atoms with E-state index in [4.69, 9.17) is 0 Å². The summed E-state index contributed by atoms with van der Waals surface area (Å²) in [6.07, 6.45) is 1.94. The number of pyridine rings is 1. The molecule has 1 aromatic heterocycles. The van der Waals surface area contributed by atoms with Crippen molar-refractivity contribution in [3.05, 3.63) is 64.8 Å². The Bertz CT molecular complexity index is 719. The lowest BCUT2D eigenvalue weighted by atomic mass is 10.0. The first-order valence-electron chi connectivity index (χ1n) is 5.86. The van der Waals surface area contributed by atoms with Crippen molar-refractivity contribution >= 4 is 26.7 Å². The predicted octanol–water partition coefficient (Wildman–Crippen LogP) is 4.97. The van der Waals surface area contributed by atoms with Gasteiger partial charge in [0.25, 0.3) is 0 Å². The second-order valence-electron chi connectivity index (χ2n) is 4.32. The van der Waals surface area contributed by atoms with E-state index < -0.39 is 0 Å². The number of hydrogen-bond acceptors (Lipinski definition) is 1. The minimum absolute atomic E-state index is 1.03. The van der Waals surface area contributed by atoms with Crippen LogP contribution >= 0.6 is 15.9 Å². The van der Waals surface area contributed by atoms with E-state index in [0.29, 0.717) is 0 Å². The van der Waals surface area contributed by atoms with Crippen LogP contribution in [0, 0.1) is 6.92 Å². The lowest BCUT2D eigenvalue weighted by Crippen LogP contribution is -1.89. The summed E-state index contributed by atoms with van der Waals surface area (Å²) in [7, 11) is 0. The van der Waals surface area contributed by atoms with Crippen LogP contribution in [0.2, 0.25) is 0 Å². The van der Waals surface area contributed by atoms with Gasteiger partial charge in [-0.05, 0) is 23.9 Å². The molecular formula is C16H12BrN. The summed E-state index contributed by atoms with van der Waals surface area (Å²) in [6, 6.07) is 16.6. The zero-order valence-corrected chi connectivity index (χ0v) is 11.6. The first kappa shape index (κ1) is 11.4. The number of fused-ring (bicyclic) bond motifs is 1. The van der Waals surface area contributed by atoms with Gasteiger partial charge in [0.2, 0.25) is 0 Å². The van der Waals surface area contributed by atoms with Gasteiger partial charge < -0.3 is 0 Å². The van der Waals surface area contributed by atoms with Crippen LogP contribution in [0.5, 0.6) is 0 Å². The third-order valence-electron chi connectivity index (χ3n) is 3.12. The Labute approximate surface area is 115 Å². The standard InChI is InChI=1S/C16H12BrN/c1-11-10-18-16(13-7-3-2-6-12(11)13)14-8-4-5-9-15(14)17/h2-10H,1H3. The maximum atomic E-state index is 4.61. The molecule has 2 heteroatoms. The van der Waals surface area contributed by atoms with Crippen LogP contribution < -0.4 is 0 Å². The summed E-state index contributed by atoms with van der Waals surface area (Å²) in [4.78, 5) is 4.61.